The van der Waals surface area contributed by atoms with Crippen molar-refractivity contribution in [3.63, 3.8) is 0 Å². The molecule has 32 heavy (non-hydrogen) atoms. The molecule has 1 aromatic heterocycles. The first kappa shape index (κ1) is 22.8. The second-order valence-corrected chi connectivity index (χ2v) is 8.77. The lowest BCUT2D eigenvalue weighted by atomic mass is 10.1. The van der Waals surface area contributed by atoms with Crippen LogP contribution < -0.4 is 10.2 Å². The van der Waals surface area contributed by atoms with Crippen LogP contribution >= 0.6 is 11.6 Å². The highest BCUT2D eigenvalue weighted by Crippen LogP contribution is 2.25. The van der Waals surface area contributed by atoms with Crippen molar-refractivity contribution in [2.75, 3.05) is 44.2 Å². The average molecular weight is 453 g/mol. The largest absolute Gasteiger partial charge is 0.444 e. The number of piperazine rings is 1. The highest BCUT2D eigenvalue weighted by atomic mass is 35.5. The third-order valence-corrected chi connectivity index (χ3v) is 6.19. The minimum absolute atomic E-state index is 0.674. The summed E-state index contributed by atoms with van der Waals surface area (Å²) < 4.78 is 6.07. The summed E-state index contributed by atoms with van der Waals surface area (Å²) >= 11 is 6.00. The van der Waals surface area contributed by atoms with E-state index in [2.05, 4.69) is 46.3 Å². The molecular formula is C26H33ClN4O. The number of nitrogens with zero attached hydrogens (tertiary/aromatic N) is 3. The maximum atomic E-state index is 6.07. The number of hydrogen-bond donors (Lipinski definition) is 1. The highest BCUT2D eigenvalue weighted by molar-refractivity contribution is 6.30. The SMILES string of the molecule is CCCc1oc(CNCCCN2CCN(c3ccc(Cl)cc3)CC2)nc1-c1ccccc1. The lowest BCUT2D eigenvalue weighted by Gasteiger charge is -2.36. The second kappa shape index (κ2) is 11.5. The number of aryl methyl sites for hydroxylation is 1. The van der Waals surface area contributed by atoms with Crippen LogP contribution in [0.1, 0.15) is 31.4 Å². The topological polar surface area (TPSA) is 44.5 Å². The number of nitrogens with one attached hydrogen (secondary N) is 1. The van der Waals surface area contributed by atoms with E-state index in [1.54, 1.807) is 0 Å². The molecule has 0 atom stereocenters. The van der Waals surface area contributed by atoms with Gasteiger partial charge in [-0.05, 0) is 50.2 Å². The molecule has 0 spiro atoms. The van der Waals surface area contributed by atoms with E-state index >= 15 is 0 Å². The molecule has 6 heteroatoms. The summed E-state index contributed by atoms with van der Waals surface area (Å²) in [7, 11) is 0. The van der Waals surface area contributed by atoms with Gasteiger partial charge in [0.25, 0.3) is 0 Å². The molecule has 0 bridgehead atoms. The van der Waals surface area contributed by atoms with Crippen LogP contribution in [0.15, 0.2) is 59.0 Å². The Morgan fingerprint density at radius 3 is 2.47 bits per heavy atom. The van der Waals surface area contributed by atoms with Gasteiger partial charge in [-0.1, -0.05) is 48.9 Å². The van der Waals surface area contributed by atoms with E-state index in [-0.39, 0.29) is 0 Å². The first-order valence-electron chi connectivity index (χ1n) is 11.7. The number of halogens is 1. The summed E-state index contributed by atoms with van der Waals surface area (Å²) in [4.78, 5) is 9.76. The van der Waals surface area contributed by atoms with E-state index in [4.69, 9.17) is 21.0 Å². The summed E-state index contributed by atoms with van der Waals surface area (Å²) in [5, 5.41) is 4.30. The van der Waals surface area contributed by atoms with E-state index in [0.29, 0.717) is 6.54 Å². The van der Waals surface area contributed by atoms with Gasteiger partial charge in [0.1, 0.15) is 11.5 Å². The predicted octanol–water partition coefficient (Wildman–Crippen LogP) is 5.25. The molecule has 2 heterocycles. The number of aromatic nitrogens is 1. The number of hydrogen-bond acceptors (Lipinski definition) is 5. The zero-order valence-corrected chi connectivity index (χ0v) is 19.7. The molecule has 0 aliphatic carbocycles. The van der Waals surface area contributed by atoms with Crippen LogP contribution in [0.2, 0.25) is 5.02 Å². The Kier molecular flexibility index (Phi) is 8.21. The fourth-order valence-corrected chi connectivity index (χ4v) is 4.32. The molecule has 0 saturated carbocycles. The van der Waals surface area contributed by atoms with Gasteiger partial charge in [0.2, 0.25) is 5.89 Å². The molecule has 1 saturated heterocycles. The molecule has 1 fully saturated rings. The van der Waals surface area contributed by atoms with E-state index < -0.39 is 0 Å². The van der Waals surface area contributed by atoms with Crippen molar-refractivity contribution >= 4 is 17.3 Å². The van der Waals surface area contributed by atoms with Crippen molar-refractivity contribution < 1.29 is 4.42 Å². The third kappa shape index (κ3) is 6.12. The minimum Gasteiger partial charge on any atom is -0.444 e. The maximum Gasteiger partial charge on any atom is 0.208 e. The van der Waals surface area contributed by atoms with Gasteiger partial charge in [0.05, 0.1) is 6.54 Å². The van der Waals surface area contributed by atoms with E-state index in [9.17, 15) is 0 Å². The summed E-state index contributed by atoms with van der Waals surface area (Å²) in [5.74, 6) is 1.78. The standard InChI is InChI=1S/C26H33ClN4O/c1-2-7-24-26(21-8-4-3-5-9-21)29-25(32-24)20-28-14-6-15-30-16-18-31(19-17-30)23-12-10-22(27)11-13-23/h3-5,8-13,28H,2,6-7,14-20H2,1H3. The van der Waals surface area contributed by atoms with E-state index in [1.807, 2.05) is 30.3 Å². The molecule has 1 aliphatic heterocycles. The molecule has 5 nitrogen and oxygen atoms in total. The van der Waals surface area contributed by atoms with Gasteiger partial charge < -0.3 is 14.6 Å². The Balaban J connectivity index is 1.18. The average Bonchev–Trinajstić information content (AvgIpc) is 3.23. The van der Waals surface area contributed by atoms with Crippen molar-refractivity contribution in [3.05, 3.63) is 71.3 Å². The first-order chi connectivity index (χ1) is 15.7. The number of oxazole rings is 1. The summed E-state index contributed by atoms with van der Waals surface area (Å²) in [6.45, 7) is 9.25. The zero-order chi connectivity index (χ0) is 22.2. The number of rotatable bonds is 10. The van der Waals surface area contributed by atoms with Crippen LogP contribution in [-0.4, -0.2) is 49.2 Å². The van der Waals surface area contributed by atoms with Gasteiger partial charge in [-0.2, -0.15) is 0 Å². The second-order valence-electron chi connectivity index (χ2n) is 8.33. The molecule has 4 rings (SSSR count). The Morgan fingerprint density at radius 1 is 1.00 bits per heavy atom. The fraction of sp³-hybridized carbons (Fsp3) is 0.423. The van der Waals surface area contributed by atoms with Crippen LogP contribution in [-0.2, 0) is 13.0 Å². The lowest BCUT2D eigenvalue weighted by molar-refractivity contribution is 0.253. The molecule has 0 amide bonds. The normalized spacial score (nSPS) is 14.8. The molecular weight excluding hydrogens is 420 g/mol. The molecule has 1 N–H and O–H groups in total. The monoisotopic (exact) mass is 452 g/mol. The third-order valence-electron chi connectivity index (χ3n) is 5.93. The van der Waals surface area contributed by atoms with E-state index in [0.717, 1.165) is 86.5 Å². The van der Waals surface area contributed by atoms with Gasteiger partial charge in [-0.3, -0.25) is 4.90 Å². The van der Waals surface area contributed by atoms with Crippen molar-refractivity contribution in [2.45, 2.75) is 32.7 Å². The number of benzene rings is 2. The summed E-state index contributed by atoms with van der Waals surface area (Å²) in [5.41, 5.74) is 3.38. The quantitative estimate of drug-likeness (QED) is 0.425. The Labute approximate surface area is 196 Å². The summed E-state index contributed by atoms with van der Waals surface area (Å²) in [6.07, 6.45) is 3.08. The fourth-order valence-electron chi connectivity index (χ4n) is 4.20. The van der Waals surface area contributed by atoms with Crippen molar-refractivity contribution in [3.8, 4) is 11.3 Å². The molecule has 170 valence electrons. The Hall–Kier alpha value is -2.34. The van der Waals surface area contributed by atoms with Crippen molar-refractivity contribution in [1.29, 1.82) is 0 Å². The van der Waals surface area contributed by atoms with Gasteiger partial charge in [0.15, 0.2) is 0 Å². The van der Waals surface area contributed by atoms with Gasteiger partial charge >= 0.3 is 0 Å². The molecule has 1 aliphatic rings. The van der Waals surface area contributed by atoms with Crippen LogP contribution in [0.5, 0.6) is 0 Å². The van der Waals surface area contributed by atoms with E-state index in [1.165, 1.54) is 5.69 Å². The van der Waals surface area contributed by atoms with Crippen LogP contribution in [0, 0.1) is 0 Å². The van der Waals surface area contributed by atoms with Crippen LogP contribution in [0.25, 0.3) is 11.3 Å². The lowest BCUT2D eigenvalue weighted by Crippen LogP contribution is -2.46. The highest BCUT2D eigenvalue weighted by Gasteiger charge is 2.17. The smallest absolute Gasteiger partial charge is 0.208 e. The Morgan fingerprint density at radius 2 is 1.75 bits per heavy atom. The van der Waals surface area contributed by atoms with Crippen molar-refractivity contribution in [1.82, 2.24) is 15.2 Å². The van der Waals surface area contributed by atoms with Crippen LogP contribution in [0.4, 0.5) is 5.69 Å². The van der Waals surface area contributed by atoms with Crippen molar-refractivity contribution in [2.24, 2.45) is 0 Å². The molecule has 2 aromatic carbocycles. The van der Waals surface area contributed by atoms with Crippen LogP contribution in [0.3, 0.4) is 0 Å². The molecule has 0 radical (unpaired) electrons. The molecule has 0 unspecified atom stereocenters. The van der Waals surface area contributed by atoms with Gasteiger partial charge in [-0.15, -0.1) is 0 Å². The maximum absolute atomic E-state index is 6.07. The Bertz CT molecular complexity index is 950. The molecule has 3 aromatic rings. The first-order valence-corrected chi connectivity index (χ1v) is 12.1. The summed E-state index contributed by atoms with van der Waals surface area (Å²) in [6, 6.07) is 18.5. The predicted molar refractivity (Wildman–Crippen MR) is 132 cm³/mol. The number of anilines is 1. The zero-order valence-electron chi connectivity index (χ0n) is 18.9. The van der Waals surface area contributed by atoms with Gasteiger partial charge in [0, 0.05) is 48.9 Å². The van der Waals surface area contributed by atoms with Gasteiger partial charge in [-0.25, -0.2) is 4.98 Å². The minimum atomic E-state index is 0.674.